The van der Waals surface area contributed by atoms with E-state index >= 15 is 0 Å². The highest BCUT2D eigenvalue weighted by molar-refractivity contribution is 7.79. The standard InChI is InChI=1S/C26H42O4S/c1-5-21(6-2)29-22-11-7-19(8-12-22)26(3,4)20-9-13-23(14-10-20)30-24-15-17-25(18-16-24)31(27)28/h9,13,15,19,21-22,25H,5-8,10-12,14,16-18H2,1-4H3,(H,27,28)/p-1. The molecular weight excluding hydrogens is 408 g/mol. The maximum atomic E-state index is 11.1. The maximum absolute atomic E-state index is 11.1. The Kier molecular flexibility index (Phi) is 9.01. The van der Waals surface area contributed by atoms with Crippen molar-refractivity contribution in [3.8, 4) is 0 Å². The molecule has 4 nitrogen and oxygen atoms in total. The molecule has 1 saturated carbocycles. The van der Waals surface area contributed by atoms with Crippen LogP contribution in [-0.2, 0) is 20.6 Å². The highest BCUT2D eigenvalue weighted by Gasteiger charge is 2.36. The Morgan fingerprint density at radius 3 is 2.26 bits per heavy atom. The zero-order valence-corrected chi connectivity index (χ0v) is 20.7. The third kappa shape index (κ3) is 6.55. The van der Waals surface area contributed by atoms with Crippen molar-refractivity contribution >= 4 is 11.1 Å². The molecular formula is C26H41O4S-. The van der Waals surface area contributed by atoms with Gasteiger partial charge in [-0.1, -0.05) is 50.4 Å². The Morgan fingerprint density at radius 1 is 1.03 bits per heavy atom. The van der Waals surface area contributed by atoms with E-state index in [0.717, 1.165) is 37.2 Å². The van der Waals surface area contributed by atoms with Crippen molar-refractivity contribution in [1.82, 2.24) is 0 Å². The van der Waals surface area contributed by atoms with E-state index in [1.807, 2.05) is 6.08 Å². The number of hydrogen-bond acceptors (Lipinski definition) is 4. The molecule has 3 aliphatic carbocycles. The Labute approximate surface area is 191 Å². The van der Waals surface area contributed by atoms with E-state index in [9.17, 15) is 8.76 Å². The number of rotatable bonds is 9. The normalized spacial score (nSPS) is 28.6. The van der Waals surface area contributed by atoms with Gasteiger partial charge in [-0.2, -0.15) is 0 Å². The predicted molar refractivity (Wildman–Crippen MR) is 126 cm³/mol. The van der Waals surface area contributed by atoms with E-state index in [2.05, 4.69) is 39.8 Å². The average molecular weight is 450 g/mol. The fourth-order valence-electron chi connectivity index (χ4n) is 5.40. The molecule has 3 aliphatic rings. The van der Waals surface area contributed by atoms with Gasteiger partial charge in [0.25, 0.3) is 0 Å². The fraction of sp³-hybridized carbons (Fsp3) is 0.769. The first-order valence-electron chi connectivity index (χ1n) is 12.3. The highest BCUT2D eigenvalue weighted by Crippen LogP contribution is 2.46. The van der Waals surface area contributed by atoms with Crippen LogP contribution < -0.4 is 0 Å². The largest absolute Gasteiger partial charge is 0.772 e. The van der Waals surface area contributed by atoms with Crippen LogP contribution in [0.5, 0.6) is 0 Å². The smallest absolute Gasteiger partial charge is 0.104 e. The lowest BCUT2D eigenvalue weighted by molar-refractivity contribution is -0.0460. The molecule has 0 N–H and O–H groups in total. The van der Waals surface area contributed by atoms with Gasteiger partial charge in [0.2, 0.25) is 0 Å². The van der Waals surface area contributed by atoms with Gasteiger partial charge in [0.05, 0.1) is 18.0 Å². The van der Waals surface area contributed by atoms with E-state index in [1.165, 1.54) is 31.3 Å². The molecule has 0 heterocycles. The summed E-state index contributed by atoms with van der Waals surface area (Å²) in [5, 5.41) is -0.254. The molecule has 2 unspecified atom stereocenters. The number of allylic oxidation sites excluding steroid dienone is 6. The van der Waals surface area contributed by atoms with Crippen molar-refractivity contribution < 1.29 is 18.2 Å². The van der Waals surface area contributed by atoms with Crippen molar-refractivity contribution in [3.63, 3.8) is 0 Å². The first-order valence-corrected chi connectivity index (χ1v) is 13.5. The van der Waals surface area contributed by atoms with Crippen LogP contribution in [-0.4, -0.2) is 26.2 Å². The molecule has 0 amide bonds. The van der Waals surface area contributed by atoms with Crippen molar-refractivity contribution in [2.75, 3.05) is 0 Å². The molecule has 0 spiro atoms. The van der Waals surface area contributed by atoms with Crippen LogP contribution in [0.25, 0.3) is 0 Å². The van der Waals surface area contributed by atoms with Gasteiger partial charge in [-0.3, -0.25) is 4.21 Å². The van der Waals surface area contributed by atoms with E-state index in [-0.39, 0.29) is 10.7 Å². The van der Waals surface area contributed by atoms with Gasteiger partial charge in [-0.15, -0.1) is 0 Å². The third-order valence-electron chi connectivity index (χ3n) is 7.78. The fourth-order valence-corrected chi connectivity index (χ4v) is 5.96. The second-order valence-electron chi connectivity index (χ2n) is 10.0. The Bertz CT molecular complexity index is 709. The minimum absolute atomic E-state index is 0.206. The van der Waals surface area contributed by atoms with Crippen LogP contribution >= 0.6 is 0 Å². The van der Waals surface area contributed by atoms with Crippen molar-refractivity contribution in [2.45, 2.75) is 116 Å². The van der Waals surface area contributed by atoms with Gasteiger partial charge in [0, 0.05) is 18.1 Å². The average Bonchev–Trinajstić information content (AvgIpc) is 2.78. The summed E-state index contributed by atoms with van der Waals surface area (Å²) in [7, 11) is 0. The summed E-state index contributed by atoms with van der Waals surface area (Å²) in [6.45, 7) is 9.27. The second-order valence-corrected chi connectivity index (χ2v) is 11.2. The van der Waals surface area contributed by atoms with E-state index in [4.69, 9.17) is 9.47 Å². The van der Waals surface area contributed by atoms with Crippen LogP contribution in [0.1, 0.15) is 98.3 Å². The molecule has 2 atom stereocenters. The molecule has 0 radical (unpaired) electrons. The van der Waals surface area contributed by atoms with Gasteiger partial charge in [-0.05, 0) is 81.3 Å². The Balaban J connectivity index is 1.53. The maximum Gasteiger partial charge on any atom is 0.104 e. The summed E-state index contributed by atoms with van der Waals surface area (Å²) in [6.07, 6.45) is 18.2. The summed E-state index contributed by atoms with van der Waals surface area (Å²) < 4.78 is 34.6. The quantitative estimate of drug-likeness (QED) is 0.367. The summed E-state index contributed by atoms with van der Waals surface area (Å²) in [4.78, 5) is 0. The SMILES string of the molecule is CCC(CC)OC1CCC(C(C)(C)C2=CC=C(OC3=CCC(S(=O)[O-])CC3)CC2)CC1. The van der Waals surface area contributed by atoms with Crippen molar-refractivity contribution in [3.05, 3.63) is 35.3 Å². The summed E-state index contributed by atoms with van der Waals surface area (Å²) >= 11 is -1.98. The van der Waals surface area contributed by atoms with Gasteiger partial charge in [0.15, 0.2) is 0 Å². The highest BCUT2D eigenvalue weighted by atomic mass is 32.2. The Morgan fingerprint density at radius 2 is 1.74 bits per heavy atom. The summed E-state index contributed by atoms with van der Waals surface area (Å²) in [5.74, 6) is 2.65. The van der Waals surface area contributed by atoms with Crippen LogP contribution in [0, 0.1) is 11.3 Å². The van der Waals surface area contributed by atoms with Gasteiger partial charge < -0.3 is 14.0 Å². The zero-order valence-electron chi connectivity index (χ0n) is 19.9. The van der Waals surface area contributed by atoms with E-state index in [0.29, 0.717) is 37.4 Å². The molecule has 0 aliphatic heterocycles. The van der Waals surface area contributed by atoms with Crippen LogP contribution in [0.15, 0.2) is 35.3 Å². The van der Waals surface area contributed by atoms with Crippen molar-refractivity contribution in [1.29, 1.82) is 0 Å². The topological polar surface area (TPSA) is 58.6 Å². The molecule has 0 saturated heterocycles. The molecule has 31 heavy (non-hydrogen) atoms. The van der Waals surface area contributed by atoms with E-state index < -0.39 is 11.1 Å². The molecule has 0 bridgehead atoms. The monoisotopic (exact) mass is 449 g/mol. The Hall–Kier alpha value is -0.910. The molecule has 0 aromatic carbocycles. The van der Waals surface area contributed by atoms with Crippen LogP contribution in [0.3, 0.4) is 0 Å². The third-order valence-corrected chi connectivity index (χ3v) is 8.76. The molecule has 0 aromatic heterocycles. The number of hydrogen-bond donors (Lipinski definition) is 0. The minimum atomic E-state index is -1.98. The molecule has 1 fully saturated rings. The summed E-state index contributed by atoms with van der Waals surface area (Å²) in [6, 6.07) is 0. The van der Waals surface area contributed by atoms with Crippen LogP contribution in [0.2, 0.25) is 0 Å². The molecule has 0 aromatic rings. The summed E-state index contributed by atoms with van der Waals surface area (Å²) in [5.41, 5.74) is 1.74. The van der Waals surface area contributed by atoms with Gasteiger partial charge in [-0.25, -0.2) is 0 Å². The van der Waals surface area contributed by atoms with Gasteiger partial charge in [0.1, 0.15) is 5.76 Å². The number of ether oxygens (including phenoxy) is 2. The second kappa shape index (κ2) is 11.3. The zero-order chi connectivity index (χ0) is 22.4. The minimum Gasteiger partial charge on any atom is -0.772 e. The first kappa shape index (κ1) is 24.7. The van der Waals surface area contributed by atoms with Crippen molar-refractivity contribution in [2.24, 2.45) is 11.3 Å². The molecule has 5 heteroatoms. The molecule has 3 rings (SSSR count). The van der Waals surface area contributed by atoms with E-state index in [1.54, 1.807) is 0 Å². The first-order chi connectivity index (χ1) is 14.8. The lowest BCUT2D eigenvalue weighted by Crippen LogP contribution is -2.34. The lowest BCUT2D eigenvalue weighted by atomic mass is 9.65. The van der Waals surface area contributed by atoms with Gasteiger partial charge >= 0.3 is 0 Å². The van der Waals surface area contributed by atoms with Crippen LogP contribution in [0.4, 0.5) is 0 Å². The predicted octanol–water partition coefficient (Wildman–Crippen LogP) is 6.71. The lowest BCUT2D eigenvalue weighted by Gasteiger charge is -2.42. The molecule has 176 valence electrons.